The third-order valence-electron chi connectivity index (χ3n) is 6.26. The van der Waals surface area contributed by atoms with Gasteiger partial charge >= 0.3 is 12.1 Å². The number of aliphatic hydroxyl groups is 1. The highest BCUT2D eigenvalue weighted by Crippen LogP contribution is 2.62. The maximum Gasteiger partial charge on any atom is 0.416 e. The van der Waals surface area contributed by atoms with E-state index < -0.39 is 75.6 Å². The van der Waals surface area contributed by atoms with Crippen LogP contribution in [0.25, 0.3) is 0 Å². The summed E-state index contributed by atoms with van der Waals surface area (Å²) in [4.78, 5) is 24.1. The van der Waals surface area contributed by atoms with Gasteiger partial charge in [-0.05, 0) is 56.2 Å². The van der Waals surface area contributed by atoms with Crippen molar-refractivity contribution in [2.45, 2.75) is 49.5 Å². The molecule has 2 aliphatic rings. The monoisotopic (exact) mass is 491 g/mol. The number of hydrogen-bond donors (Lipinski definition) is 1. The van der Waals surface area contributed by atoms with Gasteiger partial charge in [0.25, 0.3) is 11.8 Å². The number of cyclic esters (lactones) is 1. The van der Waals surface area contributed by atoms with Crippen molar-refractivity contribution < 1.29 is 50.3 Å². The van der Waals surface area contributed by atoms with Crippen molar-refractivity contribution in [3.8, 4) is 0 Å². The molecule has 1 N–H and O–H groups in total. The molecule has 1 unspecified atom stereocenters. The first-order valence-corrected chi connectivity index (χ1v) is 9.91. The van der Waals surface area contributed by atoms with E-state index >= 15 is 8.78 Å². The minimum Gasteiger partial charge on any atom is -0.457 e. The van der Waals surface area contributed by atoms with Crippen molar-refractivity contribution in [3.63, 3.8) is 0 Å². The number of alkyl halides is 5. The lowest BCUT2D eigenvalue weighted by molar-refractivity contribution is -0.199. The van der Waals surface area contributed by atoms with E-state index in [0.29, 0.717) is 19.1 Å². The molecular formula is C22H16F7NO4. The molecule has 1 aliphatic carbocycles. The normalized spacial score (nSPS) is 18.7. The number of hydrogen-bond acceptors (Lipinski definition) is 4. The van der Waals surface area contributed by atoms with Crippen molar-refractivity contribution in [3.05, 3.63) is 64.5 Å². The number of halogens is 7. The predicted octanol–water partition coefficient (Wildman–Crippen LogP) is 4.85. The number of carbonyl (C=O) groups is 2. The Morgan fingerprint density at radius 1 is 1.09 bits per heavy atom. The largest absolute Gasteiger partial charge is 0.457 e. The molecule has 1 atom stereocenters. The smallest absolute Gasteiger partial charge is 0.416 e. The average molecular weight is 491 g/mol. The summed E-state index contributed by atoms with van der Waals surface area (Å²) in [5.74, 6) is -8.77. The molecule has 1 fully saturated rings. The summed E-state index contributed by atoms with van der Waals surface area (Å²) in [7, 11) is 0. The Kier molecular flexibility index (Phi) is 5.24. The Labute approximate surface area is 187 Å². The zero-order valence-electron chi connectivity index (χ0n) is 17.4. The van der Waals surface area contributed by atoms with Crippen LogP contribution in [-0.2, 0) is 27.7 Å². The predicted molar refractivity (Wildman–Crippen MR) is 102 cm³/mol. The van der Waals surface area contributed by atoms with Gasteiger partial charge in [-0.1, -0.05) is 4.48 Å². The lowest BCUT2D eigenvalue weighted by Crippen LogP contribution is -2.61. The zero-order valence-corrected chi connectivity index (χ0v) is 17.4. The molecule has 0 radical (unpaired) electrons. The number of nitrogens with zero attached hydrogens (tertiary/aromatic N) is 1. The van der Waals surface area contributed by atoms with Crippen LogP contribution in [0.4, 0.5) is 36.5 Å². The van der Waals surface area contributed by atoms with Gasteiger partial charge in [-0.15, -0.1) is 5.12 Å². The van der Waals surface area contributed by atoms with Gasteiger partial charge in [-0.2, -0.15) is 13.2 Å². The van der Waals surface area contributed by atoms with Gasteiger partial charge in [0.05, 0.1) is 22.2 Å². The van der Waals surface area contributed by atoms with E-state index in [1.807, 2.05) is 0 Å². The SMILES string of the molecule is CC(O)(C(=O)N(F)c1ccc2c(c1)COC2=O)C(F)(F)C1(c2cc(C(F)(F)F)ccc2F)CC1. The van der Waals surface area contributed by atoms with Crippen molar-refractivity contribution in [1.29, 1.82) is 0 Å². The third kappa shape index (κ3) is 3.42. The highest BCUT2D eigenvalue weighted by Gasteiger charge is 2.73. The number of amides is 1. The molecule has 0 saturated heterocycles. The first-order chi connectivity index (χ1) is 15.6. The van der Waals surface area contributed by atoms with Crippen LogP contribution in [0.15, 0.2) is 36.4 Å². The summed E-state index contributed by atoms with van der Waals surface area (Å²) in [6.45, 7) is 0.0715. The van der Waals surface area contributed by atoms with Gasteiger partial charge in [0, 0.05) is 11.1 Å². The van der Waals surface area contributed by atoms with E-state index in [1.54, 1.807) is 0 Å². The van der Waals surface area contributed by atoms with Gasteiger partial charge in [0.2, 0.25) is 5.60 Å². The fraction of sp³-hybridized carbons (Fsp3) is 0.364. The van der Waals surface area contributed by atoms with Crippen LogP contribution in [0.3, 0.4) is 0 Å². The van der Waals surface area contributed by atoms with Crippen LogP contribution in [0.5, 0.6) is 0 Å². The zero-order chi connectivity index (χ0) is 25.3. The molecule has 2 aromatic rings. The minimum atomic E-state index is -4.96. The Bertz CT molecular complexity index is 1190. The Morgan fingerprint density at radius 3 is 2.32 bits per heavy atom. The molecule has 5 nitrogen and oxygen atoms in total. The molecular weight excluding hydrogens is 475 g/mol. The minimum absolute atomic E-state index is 0.0821. The molecule has 12 heteroatoms. The fourth-order valence-electron chi connectivity index (χ4n) is 4.10. The summed E-state index contributed by atoms with van der Waals surface area (Å²) < 4.78 is 104. The van der Waals surface area contributed by atoms with Crippen LogP contribution < -0.4 is 5.12 Å². The van der Waals surface area contributed by atoms with E-state index in [1.165, 1.54) is 0 Å². The lowest BCUT2D eigenvalue weighted by Gasteiger charge is -2.38. The lowest BCUT2D eigenvalue weighted by atomic mass is 9.78. The summed E-state index contributed by atoms with van der Waals surface area (Å²) in [5, 5.41) is 9.78. The van der Waals surface area contributed by atoms with Gasteiger partial charge in [-0.3, -0.25) is 4.79 Å². The van der Waals surface area contributed by atoms with Gasteiger partial charge < -0.3 is 9.84 Å². The van der Waals surface area contributed by atoms with Crippen LogP contribution in [0.2, 0.25) is 0 Å². The van der Waals surface area contributed by atoms with Crippen molar-refractivity contribution in [2.24, 2.45) is 0 Å². The Balaban J connectivity index is 1.69. The molecule has 1 saturated carbocycles. The number of rotatable bonds is 5. The summed E-state index contributed by atoms with van der Waals surface area (Å²) in [6.07, 6.45) is -6.06. The maximum absolute atomic E-state index is 15.6. The van der Waals surface area contributed by atoms with Crippen LogP contribution in [-0.4, -0.2) is 28.5 Å². The molecule has 182 valence electrons. The van der Waals surface area contributed by atoms with Crippen molar-refractivity contribution in [2.75, 3.05) is 5.12 Å². The molecule has 1 heterocycles. The summed E-state index contributed by atoms with van der Waals surface area (Å²) in [5.41, 5.74) is -9.18. The molecule has 1 amide bonds. The second kappa shape index (κ2) is 7.42. The standard InChI is InChI=1S/C22H16F7NO4/c1-19(33,18(32)30(29)13-3-4-14-11(8-13)10-34-17(14)31)22(27,28)20(6-7-20)15-9-12(21(24,25)26)2-5-16(15)23/h2-5,8-9,33H,6-7,10H2,1H3. The second-order valence-electron chi connectivity index (χ2n) is 8.42. The van der Waals surface area contributed by atoms with Crippen LogP contribution in [0, 0.1) is 5.82 Å². The van der Waals surface area contributed by atoms with E-state index in [2.05, 4.69) is 0 Å². The number of fused-ring (bicyclic) bond motifs is 1. The molecule has 0 aromatic heterocycles. The molecule has 34 heavy (non-hydrogen) atoms. The highest BCUT2D eigenvalue weighted by atomic mass is 19.4. The number of carbonyl (C=O) groups excluding carboxylic acids is 2. The molecule has 2 aromatic carbocycles. The molecule has 0 bridgehead atoms. The third-order valence-corrected chi connectivity index (χ3v) is 6.26. The number of ether oxygens (including phenoxy) is 1. The van der Waals surface area contributed by atoms with Crippen LogP contribution in [0.1, 0.15) is 46.8 Å². The van der Waals surface area contributed by atoms with Crippen LogP contribution >= 0.6 is 0 Å². The first-order valence-electron chi connectivity index (χ1n) is 9.91. The quantitative estimate of drug-likeness (QED) is 0.369. The first kappa shape index (κ1) is 24.0. The maximum atomic E-state index is 15.6. The van der Waals surface area contributed by atoms with E-state index in [0.717, 1.165) is 18.2 Å². The molecule has 4 rings (SSSR count). The summed E-state index contributed by atoms with van der Waals surface area (Å²) in [6, 6.07) is 3.99. The van der Waals surface area contributed by atoms with Crippen molar-refractivity contribution >= 4 is 17.6 Å². The fourth-order valence-corrected chi connectivity index (χ4v) is 4.10. The van der Waals surface area contributed by atoms with E-state index in [4.69, 9.17) is 4.74 Å². The summed E-state index contributed by atoms with van der Waals surface area (Å²) >= 11 is 0. The Morgan fingerprint density at radius 2 is 1.74 bits per heavy atom. The highest BCUT2D eigenvalue weighted by molar-refractivity contribution is 5.99. The van der Waals surface area contributed by atoms with E-state index in [9.17, 15) is 36.7 Å². The number of anilines is 1. The van der Waals surface area contributed by atoms with Gasteiger partial charge in [0.15, 0.2) is 0 Å². The Hall–Kier alpha value is -3.15. The van der Waals surface area contributed by atoms with Crippen molar-refractivity contribution in [1.82, 2.24) is 0 Å². The molecule has 0 spiro atoms. The second-order valence-corrected chi connectivity index (χ2v) is 8.42. The molecule has 1 aliphatic heterocycles. The van der Waals surface area contributed by atoms with Gasteiger partial charge in [-0.25, -0.2) is 18.0 Å². The average Bonchev–Trinajstić information content (AvgIpc) is 3.50. The topological polar surface area (TPSA) is 66.8 Å². The van der Waals surface area contributed by atoms with E-state index in [-0.39, 0.29) is 23.8 Å². The number of esters is 1. The number of benzene rings is 2. The van der Waals surface area contributed by atoms with Gasteiger partial charge in [0.1, 0.15) is 12.4 Å².